The SMILES string of the molecule is CN(C)c1ncc(-c2ccccc2)c(C2CCCN2CCO)n1. The van der Waals surface area contributed by atoms with Crippen LogP contribution >= 0.6 is 0 Å². The van der Waals surface area contributed by atoms with E-state index >= 15 is 0 Å². The van der Waals surface area contributed by atoms with E-state index in [4.69, 9.17) is 4.98 Å². The van der Waals surface area contributed by atoms with Crippen LogP contribution in [-0.2, 0) is 0 Å². The lowest BCUT2D eigenvalue weighted by atomic mass is 10.00. The van der Waals surface area contributed by atoms with E-state index < -0.39 is 0 Å². The van der Waals surface area contributed by atoms with Crippen molar-refractivity contribution in [3.63, 3.8) is 0 Å². The Bertz CT molecular complexity index is 645. The van der Waals surface area contributed by atoms with E-state index in [1.165, 1.54) is 0 Å². The Morgan fingerprint density at radius 2 is 2.04 bits per heavy atom. The van der Waals surface area contributed by atoms with Crippen LogP contribution in [0.2, 0.25) is 0 Å². The first-order valence-corrected chi connectivity index (χ1v) is 8.15. The maximum atomic E-state index is 9.34. The van der Waals surface area contributed by atoms with Crippen molar-refractivity contribution in [3.05, 3.63) is 42.2 Å². The Hall–Kier alpha value is -1.98. The van der Waals surface area contributed by atoms with Gasteiger partial charge in [-0.1, -0.05) is 30.3 Å². The molecular weight excluding hydrogens is 288 g/mol. The molecule has 2 heterocycles. The summed E-state index contributed by atoms with van der Waals surface area (Å²) in [5.41, 5.74) is 3.30. The molecule has 5 heteroatoms. The predicted molar refractivity (Wildman–Crippen MR) is 92.4 cm³/mol. The fraction of sp³-hybridized carbons (Fsp3) is 0.444. The second-order valence-corrected chi connectivity index (χ2v) is 6.15. The van der Waals surface area contributed by atoms with Crippen LogP contribution in [0.5, 0.6) is 0 Å². The topological polar surface area (TPSA) is 52.5 Å². The van der Waals surface area contributed by atoms with E-state index in [2.05, 4.69) is 22.0 Å². The van der Waals surface area contributed by atoms with Crippen LogP contribution in [0.1, 0.15) is 24.6 Å². The molecule has 0 amide bonds. The van der Waals surface area contributed by atoms with Crippen molar-refractivity contribution in [1.82, 2.24) is 14.9 Å². The summed E-state index contributed by atoms with van der Waals surface area (Å²) < 4.78 is 0. The quantitative estimate of drug-likeness (QED) is 0.918. The molecule has 0 aliphatic carbocycles. The lowest BCUT2D eigenvalue weighted by Gasteiger charge is -2.26. The van der Waals surface area contributed by atoms with Gasteiger partial charge in [0, 0.05) is 32.4 Å². The van der Waals surface area contributed by atoms with Gasteiger partial charge in [0.05, 0.1) is 18.3 Å². The number of nitrogens with zero attached hydrogens (tertiary/aromatic N) is 4. The van der Waals surface area contributed by atoms with E-state index in [9.17, 15) is 5.11 Å². The Morgan fingerprint density at radius 3 is 2.74 bits per heavy atom. The van der Waals surface area contributed by atoms with Gasteiger partial charge in [0.25, 0.3) is 0 Å². The number of β-amino-alcohol motifs (C(OH)–C–C–N with tert-alkyl or cyclic N) is 1. The number of likely N-dealkylation sites (tertiary alicyclic amines) is 1. The molecule has 1 aromatic heterocycles. The molecule has 3 rings (SSSR count). The third-order valence-corrected chi connectivity index (χ3v) is 4.36. The van der Waals surface area contributed by atoms with Gasteiger partial charge in [-0.05, 0) is 24.9 Å². The number of hydrogen-bond donors (Lipinski definition) is 1. The van der Waals surface area contributed by atoms with Crippen LogP contribution in [0.4, 0.5) is 5.95 Å². The summed E-state index contributed by atoms with van der Waals surface area (Å²) in [6.07, 6.45) is 4.15. The van der Waals surface area contributed by atoms with Crippen LogP contribution < -0.4 is 4.90 Å². The summed E-state index contributed by atoms with van der Waals surface area (Å²) in [5.74, 6) is 0.732. The van der Waals surface area contributed by atoms with Gasteiger partial charge in [-0.3, -0.25) is 4.90 Å². The monoisotopic (exact) mass is 312 g/mol. The van der Waals surface area contributed by atoms with Gasteiger partial charge in [0.1, 0.15) is 0 Å². The fourth-order valence-electron chi connectivity index (χ4n) is 3.23. The highest BCUT2D eigenvalue weighted by Gasteiger charge is 2.29. The van der Waals surface area contributed by atoms with E-state index in [-0.39, 0.29) is 12.6 Å². The zero-order chi connectivity index (χ0) is 16.2. The predicted octanol–water partition coefficient (Wildman–Crippen LogP) is 2.34. The third-order valence-electron chi connectivity index (χ3n) is 4.36. The van der Waals surface area contributed by atoms with E-state index in [1.54, 1.807) is 0 Å². The number of aromatic nitrogens is 2. The summed E-state index contributed by atoms with van der Waals surface area (Å²) in [7, 11) is 3.92. The second-order valence-electron chi connectivity index (χ2n) is 6.15. The van der Waals surface area contributed by atoms with Gasteiger partial charge in [-0.25, -0.2) is 9.97 Å². The van der Waals surface area contributed by atoms with Gasteiger partial charge < -0.3 is 10.0 Å². The molecule has 0 radical (unpaired) electrons. The van der Waals surface area contributed by atoms with Crippen molar-refractivity contribution in [2.75, 3.05) is 38.7 Å². The standard InChI is InChI=1S/C18H24N4O/c1-21(2)18-19-13-15(14-7-4-3-5-8-14)17(20-18)16-9-6-10-22(16)11-12-23/h3-5,7-8,13,16,23H,6,9-12H2,1-2H3. The summed E-state index contributed by atoms with van der Waals surface area (Å²) in [6.45, 7) is 1.89. The smallest absolute Gasteiger partial charge is 0.225 e. The molecule has 1 aromatic carbocycles. The lowest BCUT2D eigenvalue weighted by molar-refractivity contribution is 0.184. The zero-order valence-corrected chi connectivity index (χ0v) is 13.8. The van der Waals surface area contributed by atoms with Crippen molar-refractivity contribution in [3.8, 4) is 11.1 Å². The van der Waals surface area contributed by atoms with Gasteiger partial charge >= 0.3 is 0 Å². The van der Waals surface area contributed by atoms with Gasteiger partial charge in [-0.15, -0.1) is 0 Å². The van der Waals surface area contributed by atoms with Crippen LogP contribution in [0.3, 0.4) is 0 Å². The average molecular weight is 312 g/mol. The Kier molecular flexibility index (Phi) is 4.88. The van der Waals surface area contributed by atoms with Crippen molar-refractivity contribution in [2.45, 2.75) is 18.9 Å². The molecule has 2 aromatic rings. The number of anilines is 1. The molecule has 0 spiro atoms. The minimum absolute atomic E-state index is 0.183. The van der Waals surface area contributed by atoms with Gasteiger partial charge in [0.2, 0.25) is 5.95 Å². The molecule has 1 saturated heterocycles. The van der Waals surface area contributed by atoms with E-state index in [1.807, 2.05) is 43.4 Å². The Labute approximate surface area is 137 Å². The molecule has 1 N–H and O–H groups in total. The Morgan fingerprint density at radius 1 is 1.26 bits per heavy atom. The zero-order valence-electron chi connectivity index (χ0n) is 13.8. The van der Waals surface area contributed by atoms with Crippen LogP contribution in [-0.4, -0.2) is 53.8 Å². The highest BCUT2D eigenvalue weighted by molar-refractivity contribution is 5.66. The Balaban J connectivity index is 2.06. The number of hydrogen-bond acceptors (Lipinski definition) is 5. The molecule has 23 heavy (non-hydrogen) atoms. The molecule has 1 atom stereocenters. The summed E-state index contributed by atoms with van der Waals surface area (Å²) in [6, 6.07) is 10.6. The van der Waals surface area contributed by atoms with Crippen molar-refractivity contribution in [1.29, 1.82) is 0 Å². The molecule has 122 valence electrons. The van der Waals surface area contributed by atoms with Gasteiger partial charge in [-0.2, -0.15) is 0 Å². The van der Waals surface area contributed by atoms with Crippen molar-refractivity contribution in [2.24, 2.45) is 0 Å². The van der Waals surface area contributed by atoms with Gasteiger partial charge in [0.15, 0.2) is 0 Å². The molecule has 1 aliphatic heterocycles. The maximum absolute atomic E-state index is 9.34. The number of aliphatic hydroxyl groups is 1. The molecule has 1 fully saturated rings. The largest absolute Gasteiger partial charge is 0.395 e. The normalized spacial score (nSPS) is 18.3. The first-order chi connectivity index (χ1) is 11.2. The fourth-order valence-corrected chi connectivity index (χ4v) is 3.23. The summed E-state index contributed by atoms with van der Waals surface area (Å²) >= 11 is 0. The highest BCUT2D eigenvalue weighted by Crippen LogP contribution is 2.36. The number of rotatable bonds is 5. The molecule has 0 bridgehead atoms. The van der Waals surface area contributed by atoms with Crippen LogP contribution in [0, 0.1) is 0 Å². The maximum Gasteiger partial charge on any atom is 0.225 e. The van der Waals surface area contributed by atoms with Crippen molar-refractivity contribution >= 4 is 5.95 Å². The minimum Gasteiger partial charge on any atom is -0.395 e. The summed E-state index contributed by atoms with van der Waals surface area (Å²) in [4.78, 5) is 13.6. The summed E-state index contributed by atoms with van der Waals surface area (Å²) in [5, 5.41) is 9.34. The minimum atomic E-state index is 0.183. The molecule has 5 nitrogen and oxygen atoms in total. The number of benzene rings is 1. The third kappa shape index (κ3) is 3.35. The highest BCUT2D eigenvalue weighted by atomic mass is 16.3. The average Bonchev–Trinajstić information content (AvgIpc) is 3.03. The first kappa shape index (κ1) is 15.9. The lowest BCUT2D eigenvalue weighted by Crippen LogP contribution is -2.28. The molecular formula is C18H24N4O. The van der Waals surface area contributed by atoms with E-state index in [0.717, 1.165) is 42.2 Å². The van der Waals surface area contributed by atoms with Crippen LogP contribution in [0.15, 0.2) is 36.5 Å². The molecule has 1 aliphatic rings. The second kappa shape index (κ2) is 7.06. The van der Waals surface area contributed by atoms with Crippen LogP contribution in [0.25, 0.3) is 11.1 Å². The first-order valence-electron chi connectivity index (χ1n) is 8.15. The molecule has 0 saturated carbocycles. The van der Waals surface area contributed by atoms with E-state index in [0.29, 0.717) is 6.54 Å². The number of aliphatic hydroxyl groups excluding tert-OH is 1. The molecule has 1 unspecified atom stereocenters. The van der Waals surface area contributed by atoms with Crippen molar-refractivity contribution < 1.29 is 5.11 Å².